The molecule has 0 aliphatic heterocycles. The van der Waals surface area contributed by atoms with Gasteiger partial charge in [0.2, 0.25) is 0 Å². The molecule has 1 aromatic carbocycles. The third-order valence-electron chi connectivity index (χ3n) is 2.47. The molecular weight excluding hydrogens is 322 g/mol. The number of anilines is 1. The van der Waals surface area contributed by atoms with Gasteiger partial charge < -0.3 is 5.11 Å². The molecule has 0 aliphatic carbocycles. The van der Waals surface area contributed by atoms with E-state index in [1.807, 2.05) is 4.72 Å². The standard InChI is InChI=1S/C11H8ClN3O5S/c12-11-9(5-2-6-13-11)21(19,20)14-10-7(15(17)18)3-1-4-8(10)16/h1-6,14,16H. The maximum Gasteiger partial charge on any atom is 0.297 e. The maximum absolute atomic E-state index is 12.2. The molecule has 2 aromatic rings. The van der Waals surface area contributed by atoms with Gasteiger partial charge in [0.05, 0.1) is 4.92 Å². The molecule has 0 bridgehead atoms. The van der Waals surface area contributed by atoms with Crippen LogP contribution < -0.4 is 4.72 Å². The minimum absolute atomic E-state index is 0.289. The predicted octanol–water partition coefficient (Wildman–Crippen LogP) is 2.15. The van der Waals surface area contributed by atoms with Gasteiger partial charge in [-0.05, 0) is 18.2 Å². The molecule has 0 atom stereocenters. The highest BCUT2D eigenvalue weighted by atomic mass is 35.5. The largest absolute Gasteiger partial charge is 0.505 e. The van der Waals surface area contributed by atoms with Gasteiger partial charge in [0.15, 0.2) is 5.69 Å². The highest BCUT2D eigenvalue weighted by Gasteiger charge is 2.25. The number of nitro benzene ring substituents is 1. The van der Waals surface area contributed by atoms with Gasteiger partial charge in [-0.25, -0.2) is 13.4 Å². The average molecular weight is 330 g/mol. The summed E-state index contributed by atoms with van der Waals surface area (Å²) in [6.07, 6.45) is 1.30. The van der Waals surface area contributed by atoms with Gasteiger partial charge in [0.25, 0.3) is 15.7 Å². The molecule has 0 unspecified atom stereocenters. The molecular formula is C11H8ClN3O5S. The number of halogens is 1. The minimum Gasteiger partial charge on any atom is -0.505 e. The second kappa shape index (κ2) is 5.54. The van der Waals surface area contributed by atoms with Gasteiger partial charge in [-0.3, -0.25) is 14.8 Å². The van der Waals surface area contributed by atoms with Crippen molar-refractivity contribution < 1.29 is 18.4 Å². The summed E-state index contributed by atoms with van der Waals surface area (Å²) in [7, 11) is -4.23. The fourth-order valence-electron chi connectivity index (χ4n) is 1.55. The molecule has 110 valence electrons. The monoisotopic (exact) mass is 329 g/mol. The first-order valence-corrected chi connectivity index (χ1v) is 7.29. The van der Waals surface area contributed by atoms with Crippen molar-refractivity contribution in [3.05, 3.63) is 51.8 Å². The molecule has 10 heteroatoms. The number of benzene rings is 1. The van der Waals surface area contributed by atoms with E-state index in [0.717, 1.165) is 12.1 Å². The zero-order chi connectivity index (χ0) is 15.6. The Balaban J connectivity index is 2.52. The van der Waals surface area contributed by atoms with Crippen LogP contribution in [-0.2, 0) is 10.0 Å². The summed E-state index contributed by atoms with van der Waals surface area (Å²) >= 11 is 5.69. The Kier molecular flexibility index (Phi) is 3.96. The first kappa shape index (κ1) is 15.0. The number of pyridine rings is 1. The van der Waals surface area contributed by atoms with E-state index in [2.05, 4.69) is 4.98 Å². The number of aromatic nitrogens is 1. The van der Waals surface area contributed by atoms with Crippen molar-refractivity contribution in [1.29, 1.82) is 0 Å². The fraction of sp³-hybridized carbons (Fsp3) is 0. The maximum atomic E-state index is 12.2. The minimum atomic E-state index is -4.23. The van der Waals surface area contributed by atoms with Crippen molar-refractivity contribution in [2.45, 2.75) is 4.90 Å². The molecule has 21 heavy (non-hydrogen) atoms. The van der Waals surface area contributed by atoms with E-state index in [1.165, 1.54) is 24.4 Å². The van der Waals surface area contributed by atoms with Gasteiger partial charge in [-0.1, -0.05) is 17.7 Å². The molecule has 1 aromatic heterocycles. The fourth-order valence-corrected chi connectivity index (χ4v) is 3.09. The molecule has 0 amide bonds. The van der Waals surface area contributed by atoms with Crippen LogP contribution in [0.5, 0.6) is 5.75 Å². The topological polar surface area (TPSA) is 122 Å². The zero-order valence-electron chi connectivity index (χ0n) is 10.2. The molecule has 0 radical (unpaired) electrons. The SMILES string of the molecule is O=[N+]([O-])c1cccc(O)c1NS(=O)(=O)c1cccnc1Cl. The lowest BCUT2D eigenvalue weighted by Crippen LogP contribution is -2.15. The van der Waals surface area contributed by atoms with Crippen molar-refractivity contribution in [1.82, 2.24) is 4.98 Å². The number of phenols is 1. The third-order valence-corrected chi connectivity index (χ3v) is 4.26. The number of para-hydroxylation sites is 1. The predicted molar refractivity (Wildman–Crippen MR) is 74.8 cm³/mol. The number of nitrogens with one attached hydrogen (secondary N) is 1. The Morgan fingerprint density at radius 2 is 2.00 bits per heavy atom. The van der Waals surface area contributed by atoms with Crippen LogP contribution in [0.2, 0.25) is 5.15 Å². The number of hydrogen-bond donors (Lipinski definition) is 2. The molecule has 0 spiro atoms. The molecule has 0 saturated carbocycles. The van der Waals surface area contributed by atoms with Crippen molar-refractivity contribution in [3.8, 4) is 5.75 Å². The second-order valence-corrected chi connectivity index (χ2v) is 5.84. The summed E-state index contributed by atoms with van der Waals surface area (Å²) in [4.78, 5) is 13.3. The van der Waals surface area contributed by atoms with Crippen molar-refractivity contribution >= 4 is 33.0 Å². The van der Waals surface area contributed by atoms with E-state index < -0.39 is 32.1 Å². The first-order valence-electron chi connectivity index (χ1n) is 5.42. The Morgan fingerprint density at radius 1 is 1.29 bits per heavy atom. The number of phenolic OH excluding ortho intramolecular Hbond substituents is 1. The van der Waals surface area contributed by atoms with Crippen LogP contribution in [0.15, 0.2) is 41.4 Å². The molecule has 0 fully saturated rings. The van der Waals surface area contributed by atoms with Gasteiger partial charge >= 0.3 is 0 Å². The molecule has 0 saturated heterocycles. The van der Waals surface area contributed by atoms with Crippen molar-refractivity contribution in [2.75, 3.05) is 4.72 Å². The Hall–Kier alpha value is -2.39. The van der Waals surface area contributed by atoms with E-state index in [9.17, 15) is 23.6 Å². The van der Waals surface area contributed by atoms with Crippen LogP contribution in [0.1, 0.15) is 0 Å². The van der Waals surface area contributed by atoms with Gasteiger partial charge in [-0.15, -0.1) is 0 Å². The van der Waals surface area contributed by atoms with E-state index in [1.54, 1.807) is 0 Å². The van der Waals surface area contributed by atoms with Crippen molar-refractivity contribution in [2.24, 2.45) is 0 Å². The Bertz CT molecular complexity index is 809. The summed E-state index contributed by atoms with van der Waals surface area (Å²) in [6, 6.07) is 5.93. The smallest absolute Gasteiger partial charge is 0.297 e. The lowest BCUT2D eigenvalue weighted by atomic mass is 10.2. The normalized spacial score (nSPS) is 11.1. The van der Waals surface area contributed by atoms with E-state index in [-0.39, 0.29) is 10.0 Å². The summed E-state index contributed by atoms with van der Waals surface area (Å²) in [6.45, 7) is 0. The molecule has 2 N–H and O–H groups in total. The van der Waals surface area contributed by atoms with E-state index >= 15 is 0 Å². The van der Waals surface area contributed by atoms with Crippen LogP contribution in [0.4, 0.5) is 11.4 Å². The number of hydrogen-bond acceptors (Lipinski definition) is 6. The van der Waals surface area contributed by atoms with E-state index in [4.69, 9.17) is 11.6 Å². The first-order chi connectivity index (χ1) is 9.83. The van der Waals surface area contributed by atoms with Gasteiger partial charge in [-0.2, -0.15) is 0 Å². The second-order valence-electron chi connectivity index (χ2n) is 3.83. The highest BCUT2D eigenvalue weighted by molar-refractivity contribution is 7.92. The van der Waals surface area contributed by atoms with E-state index in [0.29, 0.717) is 0 Å². The van der Waals surface area contributed by atoms with Gasteiger partial charge in [0.1, 0.15) is 15.8 Å². The van der Waals surface area contributed by atoms with Gasteiger partial charge in [0, 0.05) is 12.3 Å². The summed E-state index contributed by atoms with van der Waals surface area (Å²) < 4.78 is 26.3. The Morgan fingerprint density at radius 3 is 2.62 bits per heavy atom. The average Bonchev–Trinajstić information content (AvgIpc) is 2.41. The van der Waals surface area contributed by atoms with Crippen LogP contribution in [-0.4, -0.2) is 23.4 Å². The quantitative estimate of drug-likeness (QED) is 0.383. The summed E-state index contributed by atoms with van der Waals surface area (Å²) in [5.41, 5.74) is -1.12. The molecule has 8 nitrogen and oxygen atoms in total. The number of aromatic hydroxyl groups is 1. The zero-order valence-corrected chi connectivity index (χ0v) is 11.8. The van der Waals surface area contributed by atoms with Crippen molar-refractivity contribution in [3.63, 3.8) is 0 Å². The number of nitro groups is 1. The summed E-state index contributed by atoms with van der Waals surface area (Å²) in [5, 5.41) is 20.2. The van der Waals surface area contributed by atoms with Crippen LogP contribution in [0.25, 0.3) is 0 Å². The Labute approximate surface area is 124 Å². The van der Waals surface area contributed by atoms with Crippen LogP contribution in [0, 0.1) is 10.1 Å². The molecule has 0 aliphatic rings. The van der Waals surface area contributed by atoms with Crippen LogP contribution >= 0.6 is 11.6 Å². The molecule has 2 rings (SSSR count). The number of nitrogens with zero attached hydrogens (tertiary/aromatic N) is 2. The highest BCUT2D eigenvalue weighted by Crippen LogP contribution is 2.35. The number of rotatable bonds is 4. The number of sulfonamides is 1. The molecule has 1 heterocycles. The lowest BCUT2D eigenvalue weighted by Gasteiger charge is -2.10. The van der Waals surface area contributed by atoms with Crippen LogP contribution in [0.3, 0.4) is 0 Å². The summed E-state index contributed by atoms with van der Waals surface area (Å²) in [5.74, 6) is -0.576. The lowest BCUT2D eigenvalue weighted by molar-refractivity contribution is -0.383. The third kappa shape index (κ3) is 3.03.